The van der Waals surface area contributed by atoms with Crippen LogP contribution in [-0.4, -0.2) is 17.3 Å². The van der Waals surface area contributed by atoms with Gasteiger partial charge in [0, 0.05) is 0 Å². The molecule has 2 heteroatoms. The molecule has 1 aromatic carbocycles. The summed E-state index contributed by atoms with van der Waals surface area (Å²) >= 11 is 0. The van der Waals surface area contributed by atoms with Gasteiger partial charge in [0.2, 0.25) is 0 Å². The minimum absolute atomic E-state index is 0.153. The number of aliphatic hydroxyl groups excluding tert-OH is 1. The van der Waals surface area contributed by atoms with E-state index in [9.17, 15) is 5.11 Å². The van der Waals surface area contributed by atoms with Gasteiger partial charge in [-0.15, -0.1) is 0 Å². The summed E-state index contributed by atoms with van der Waals surface area (Å²) in [4.78, 5) is 0. The summed E-state index contributed by atoms with van der Waals surface area (Å²) in [5.74, 6) is 0. The molecule has 1 aromatic rings. The molecule has 0 radical (unpaired) electrons. The van der Waals surface area contributed by atoms with Gasteiger partial charge in [-0.05, 0) is 31.2 Å². The van der Waals surface area contributed by atoms with Crippen LogP contribution in [0.2, 0.25) is 0 Å². The van der Waals surface area contributed by atoms with Crippen LogP contribution in [0, 0.1) is 0 Å². The molecule has 1 saturated carbocycles. The first kappa shape index (κ1) is 10.7. The van der Waals surface area contributed by atoms with Gasteiger partial charge in [0.25, 0.3) is 0 Å². The SMILES string of the molecule is O[C@@H]1CCC[C@H](OCc2ccccc2)C1. The maximum absolute atomic E-state index is 9.50. The van der Waals surface area contributed by atoms with E-state index in [4.69, 9.17) is 4.74 Å². The molecule has 0 amide bonds. The van der Waals surface area contributed by atoms with Crippen molar-refractivity contribution in [2.75, 3.05) is 0 Å². The fraction of sp³-hybridized carbons (Fsp3) is 0.538. The highest BCUT2D eigenvalue weighted by atomic mass is 16.5. The number of hydrogen-bond acceptors (Lipinski definition) is 2. The van der Waals surface area contributed by atoms with E-state index >= 15 is 0 Å². The molecule has 0 saturated heterocycles. The molecule has 2 rings (SSSR count). The number of aliphatic hydroxyl groups is 1. The second kappa shape index (κ2) is 5.29. The van der Waals surface area contributed by atoms with E-state index < -0.39 is 0 Å². The first-order valence-electron chi connectivity index (χ1n) is 5.68. The third-order valence-electron chi connectivity index (χ3n) is 2.93. The van der Waals surface area contributed by atoms with Crippen molar-refractivity contribution >= 4 is 0 Å². The predicted octanol–water partition coefficient (Wildman–Crippen LogP) is 2.51. The molecule has 0 bridgehead atoms. The molecule has 0 spiro atoms. The molecule has 0 aliphatic heterocycles. The van der Waals surface area contributed by atoms with Crippen molar-refractivity contribution in [1.82, 2.24) is 0 Å². The third kappa shape index (κ3) is 3.33. The van der Waals surface area contributed by atoms with E-state index in [-0.39, 0.29) is 12.2 Å². The van der Waals surface area contributed by atoms with Crippen LogP contribution in [-0.2, 0) is 11.3 Å². The summed E-state index contributed by atoms with van der Waals surface area (Å²) in [7, 11) is 0. The summed E-state index contributed by atoms with van der Waals surface area (Å²) in [6.07, 6.45) is 4.00. The molecule has 0 unspecified atom stereocenters. The van der Waals surface area contributed by atoms with Gasteiger partial charge in [0.1, 0.15) is 0 Å². The summed E-state index contributed by atoms with van der Waals surface area (Å²) < 4.78 is 5.78. The van der Waals surface area contributed by atoms with Crippen LogP contribution in [0.25, 0.3) is 0 Å². The zero-order valence-electron chi connectivity index (χ0n) is 8.93. The van der Waals surface area contributed by atoms with Gasteiger partial charge >= 0.3 is 0 Å². The largest absolute Gasteiger partial charge is 0.393 e. The average molecular weight is 206 g/mol. The van der Waals surface area contributed by atoms with Gasteiger partial charge in [-0.1, -0.05) is 30.3 Å². The summed E-state index contributed by atoms with van der Waals surface area (Å²) in [6.45, 7) is 0.665. The molecule has 1 fully saturated rings. The van der Waals surface area contributed by atoms with Crippen LogP contribution < -0.4 is 0 Å². The highest BCUT2D eigenvalue weighted by Gasteiger charge is 2.20. The van der Waals surface area contributed by atoms with Gasteiger partial charge in [-0.2, -0.15) is 0 Å². The summed E-state index contributed by atoms with van der Waals surface area (Å²) in [5.41, 5.74) is 1.21. The van der Waals surface area contributed by atoms with Gasteiger partial charge in [0.15, 0.2) is 0 Å². The van der Waals surface area contributed by atoms with Crippen LogP contribution in [0.15, 0.2) is 30.3 Å². The second-order valence-electron chi connectivity index (χ2n) is 4.24. The van der Waals surface area contributed by atoms with Crippen molar-refractivity contribution in [2.24, 2.45) is 0 Å². The number of ether oxygens (including phenoxy) is 1. The summed E-state index contributed by atoms with van der Waals surface area (Å²) in [5, 5.41) is 9.50. The van der Waals surface area contributed by atoms with Crippen LogP contribution in [0.1, 0.15) is 31.2 Å². The maximum Gasteiger partial charge on any atom is 0.0720 e. The van der Waals surface area contributed by atoms with E-state index in [1.807, 2.05) is 18.2 Å². The van der Waals surface area contributed by atoms with E-state index in [2.05, 4.69) is 12.1 Å². The standard InChI is InChI=1S/C13H18O2/c14-12-7-4-8-13(9-12)15-10-11-5-2-1-3-6-11/h1-3,5-6,12-14H,4,7-10H2/t12-,13+/m1/s1. The minimum atomic E-state index is -0.153. The van der Waals surface area contributed by atoms with E-state index in [0.717, 1.165) is 25.7 Å². The minimum Gasteiger partial charge on any atom is -0.393 e. The lowest BCUT2D eigenvalue weighted by Gasteiger charge is -2.25. The monoisotopic (exact) mass is 206 g/mol. The lowest BCUT2D eigenvalue weighted by Crippen LogP contribution is -2.25. The molecule has 2 atom stereocenters. The Labute approximate surface area is 90.9 Å². The zero-order valence-corrected chi connectivity index (χ0v) is 8.93. The second-order valence-corrected chi connectivity index (χ2v) is 4.24. The lowest BCUT2D eigenvalue weighted by atomic mass is 9.95. The molecule has 82 valence electrons. The maximum atomic E-state index is 9.50. The first-order valence-corrected chi connectivity index (χ1v) is 5.68. The topological polar surface area (TPSA) is 29.5 Å². The van der Waals surface area contributed by atoms with Crippen LogP contribution in [0.5, 0.6) is 0 Å². The van der Waals surface area contributed by atoms with Gasteiger partial charge in [-0.25, -0.2) is 0 Å². The van der Waals surface area contributed by atoms with Crippen LogP contribution >= 0.6 is 0 Å². The van der Waals surface area contributed by atoms with E-state index in [1.54, 1.807) is 0 Å². The van der Waals surface area contributed by atoms with Gasteiger partial charge < -0.3 is 9.84 Å². The molecular formula is C13H18O2. The Morgan fingerprint density at radius 2 is 2.00 bits per heavy atom. The Hall–Kier alpha value is -0.860. The van der Waals surface area contributed by atoms with E-state index in [0.29, 0.717) is 6.61 Å². The third-order valence-corrected chi connectivity index (χ3v) is 2.93. The van der Waals surface area contributed by atoms with Crippen molar-refractivity contribution in [1.29, 1.82) is 0 Å². The van der Waals surface area contributed by atoms with Crippen molar-refractivity contribution in [2.45, 2.75) is 44.5 Å². The first-order chi connectivity index (χ1) is 7.34. The van der Waals surface area contributed by atoms with Gasteiger partial charge in [-0.3, -0.25) is 0 Å². The molecule has 15 heavy (non-hydrogen) atoms. The van der Waals surface area contributed by atoms with Crippen molar-refractivity contribution in [3.8, 4) is 0 Å². The molecule has 0 heterocycles. The van der Waals surface area contributed by atoms with Crippen LogP contribution in [0.4, 0.5) is 0 Å². The van der Waals surface area contributed by atoms with Crippen molar-refractivity contribution in [3.05, 3.63) is 35.9 Å². The Bertz CT molecular complexity index is 284. The Kier molecular flexibility index (Phi) is 3.75. The fourth-order valence-electron chi connectivity index (χ4n) is 2.06. The fourth-order valence-corrected chi connectivity index (χ4v) is 2.06. The predicted molar refractivity (Wildman–Crippen MR) is 59.5 cm³/mol. The van der Waals surface area contributed by atoms with Crippen molar-refractivity contribution < 1.29 is 9.84 Å². The van der Waals surface area contributed by atoms with Gasteiger partial charge in [0.05, 0.1) is 18.8 Å². The molecule has 0 aromatic heterocycles. The molecule has 1 aliphatic carbocycles. The number of rotatable bonds is 3. The Morgan fingerprint density at radius 3 is 2.73 bits per heavy atom. The average Bonchev–Trinajstić information content (AvgIpc) is 2.28. The molecule has 2 nitrogen and oxygen atoms in total. The van der Waals surface area contributed by atoms with Crippen LogP contribution in [0.3, 0.4) is 0 Å². The Morgan fingerprint density at radius 1 is 1.20 bits per heavy atom. The molecular weight excluding hydrogens is 188 g/mol. The highest BCUT2D eigenvalue weighted by Crippen LogP contribution is 2.21. The normalized spacial score (nSPS) is 26.5. The Balaban J connectivity index is 1.78. The van der Waals surface area contributed by atoms with Crippen molar-refractivity contribution in [3.63, 3.8) is 0 Å². The molecule has 1 N–H and O–H groups in total. The number of benzene rings is 1. The lowest BCUT2D eigenvalue weighted by molar-refractivity contribution is -0.0228. The zero-order chi connectivity index (χ0) is 10.5. The smallest absolute Gasteiger partial charge is 0.0720 e. The quantitative estimate of drug-likeness (QED) is 0.823. The summed E-state index contributed by atoms with van der Waals surface area (Å²) in [6, 6.07) is 10.2. The van der Waals surface area contributed by atoms with E-state index in [1.165, 1.54) is 5.56 Å². The highest BCUT2D eigenvalue weighted by molar-refractivity contribution is 5.13. The number of hydrogen-bond donors (Lipinski definition) is 1. The molecule has 1 aliphatic rings.